The zero-order valence-electron chi connectivity index (χ0n) is 11.8. The van der Waals surface area contributed by atoms with Gasteiger partial charge in [-0.05, 0) is 44.0 Å². The molecule has 20 heavy (non-hydrogen) atoms. The third-order valence-electron chi connectivity index (χ3n) is 3.44. The molecule has 0 saturated carbocycles. The van der Waals surface area contributed by atoms with Gasteiger partial charge in [-0.3, -0.25) is 0 Å². The Morgan fingerprint density at radius 1 is 1.45 bits per heavy atom. The first-order chi connectivity index (χ1) is 9.57. The summed E-state index contributed by atoms with van der Waals surface area (Å²) in [5.74, 6) is 0.762. The van der Waals surface area contributed by atoms with E-state index in [1.807, 2.05) is 24.3 Å². The number of halogens is 1. The highest BCUT2D eigenvalue weighted by molar-refractivity contribution is 9.10. The molecule has 4 nitrogen and oxygen atoms in total. The van der Waals surface area contributed by atoms with Crippen molar-refractivity contribution in [1.82, 2.24) is 5.32 Å². The van der Waals surface area contributed by atoms with Crippen LogP contribution in [0.1, 0.15) is 19.8 Å². The highest BCUT2D eigenvalue weighted by atomic mass is 79.9. The van der Waals surface area contributed by atoms with E-state index in [4.69, 9.17) is 9.47 Å². The average molecular weight is 344 g/mol. The van der Waals surface area contributed by atoms with Crippen LogP contribution in [0.5, 0.6) is 5.75 Å². The molecular formula is C15H22BrNO3. The number of aliphatic hydroxyl groups is 1. The van der Waals surface area contributed by atoms with Gasteiger partial charge in [0.1, 0.15) is 18.5 Å². The molecule has 1 fully saturated rings. The van der Waals surface area contributed by atoms with Crippen molar-refractivity contribution in [2.75, 3.05) is 26.3 Å². The van der Waals surface area contributed by atoms with E-state index in [2.05, 4.69) is 28.2 Å². The monoisotopic (exact) mass is 343 g/mol. The maximum atomic E-state index is 9.89. The average Bonchev–Trinajstić information content (AvgIpc) is 2.85. The van der Waals surface area contributed by atoms with Gasteiger partial charge < -0.3 is 19.9 Å². The van der Waals surface area contributed by atoms with Gasteiger partial charge in [-0.2, -0.15) is 0 Å². The molecule has 1 saturated heterocycles. The third kappa shape index (κ3) is 5.05. The Morgan fingerprint density at radius 2 is 2.20 bits per heavy atom. The molecule has 1 heterocycles. The van der Waals surface area contributed by atoms with Crippen molar-refractivity contribution >= 4 is 15.9 Å². The van der Waals surface area contributed by atoms with Crippen LogP contribution in [0.2, 0.25) is 0 Å². The fourth-order valence-corrected chi connectivity index (χ4v) is 2.53. The van der Waals surface area contributed by atoms with Gasteiger partial charge in [0.05, 0.1) is 5.60 Å². The second-order valence-corrected chi connectivity index (χ2v) is 6.37. The standard InChI is InChI=1S/C15H22BrNO3/c1-15(7-2-8-20-15)11-17-9-13(18)10-19-14-5-3-12(16)4-6-14/h3-6,13,17-18H,2,7-11H2,1H3. The zero-order valence-corrected chi connectivity index (χ0v) is 13.4. The molecule has 2 rings (SSSR count). The summed E-state index contributed by atoms with van der Waals surface area (Å²) < 4.78 is 12.2. The quantitative estimate of drug-likeness (QED) is 0.797. The van der Waals surface area contributed by atoms with E-state index in [9.17, 15) is 5.11 Å². The lowest BCUT2D eigenvalue weighted by Gasteiger charge is -2.24. The van der Waals surface area contributed by atoms with Crippen molar-refractivity contribution in [2.45, 2.75) is 31.5 Å². The van der Waals surface area contributed by atoms with E-state index in [0.717, 1.165) is 36.2 Å². The van der Waals surface area contributed by atoms with Gasteiger partial charge in [-0.15, -0.1) is 0 Å². The summed E-state index contributed by atoms with van der Waals surface area (Å²) in [6.45, 7) is 4.51. The number of aliphatic hydroxyl groups excluding tert-OH is 1. The van der Waals surface area contributed by atoms with E-state index in [1.54, 1.807) is 0 Å². The molecule has 0 aromatic heterocycles. The molecular weight excluding hydrogens is 322 g/mol. The predicted octanol–water partition coefficient (Wildman–Crippen LogP) is 2.35. The summed E-state index contributed by atoms with van der Waals surface area (Å²) in [5, 5.41) is 13.1. The summed E-state index contributed by atoms with van der Waals surface area (Å²) in [5.41, 5.74) is -0.0771. The molecule has 112 valence electrons. The molecule has 2 N–H and O–H groups in total. The fraction of sp³-hybridized carbons (Fsp3) is 0.600. The lowest BCUT2D eigenvalue weighted by Crippen LogP contribution is -2.41. The van der Waals surface area contributed by atoms with Crippen LogP contribution in [0, 0.1) is 0 Å². The Bertz CT molecular complexity index is 404. The maximum Gasteiger partial charge on any atom is 0.119 e. The molecule has 1 aliphatic heterocycles. The molecule has 0 spiro atoms. The zero-order chi connectivity index (χ0) is 14.4. The van der Waals surface area contributed by atoms with E-state index in [0.29, 0.717) is 6.54 Å². The van der Waals surface area contributed by atoms with Crippen molar-refractivity contribution in [2.24, 2.45) is 0 Å². The minimum atomic E-state index is -0.524. The Kier molecular flexibility index (Phi) is 5.84. The van der Waals surface area contributed by atoms with Crippen LogP contribution < -0.4 is 10.1 Å². The van der Waals surface area contributed by atoms with E-state index < -0.39 is 6.10 Å². The van der Waals surface area contributed by atoms with Crippen LogP contribution in [0.3, 0.4) is 0 Å². The number of rotatable bonds is 7. The van der Waals surface area contributed by atoms with Crippen LogP contribution in [-0.4, -0.2) is 43.1 Å². The summed E-state index contributed by atoms with van der Waals surface area (Å²) in [4.78, 5) is 0. The minimum Gasteiger partial charge on any atom is -0.491 e. The molecule has 0 bridgehead atoms. The molecule has 0 radical (unpaired) electrons. The minimum absolute atomic E-state index is 0.0771. The molecule has 0 aliphatic carbocycles. The normalized spacial score (nSPS) is 23.8. The molecule has 5 heteroatoms. The molecule has 2 atom stereocenters. The topological polar surface area (TPSA) is 50.7 Å². The SMILES string of the molecule is CC1(CNCC(O)COc2ccc(Br)cc2)CCCO1. The third-order valence-corrected chi connectivity index (χ3v) is 3.96. The first-order valence-electron chi connectivity index (χ1n) is 6.98. The van der Waals surface area contributed by atoms with Crippen molar-refractivity contribution in [3.8, 4) is 5.75 Å². The van der Waals surface area contributed by atoms with Gasteiger partial charge in [0.15, 0.2) is 0 Å². The van der Waals surface area contributed by atoms with Crippen LogP contribution >= 0.6 is 15.9 Å². The summed E-state index contributed by atoms with van der Waals surface area (Å²) in [6, 6.07) is 7.58. The van der Waals surface area contributed by atoms with Gasteiger partial charge in [0.2, 0.25) is 0 Å². The molecule has 1 aromatic rings. The highest BCUT2D eigenvalue weighted by Crippen LogP contribution is 2.23. The van der Waals surface area contributed by atoms with Crippen LogP contribution in [0.4, 0.5) is 0 Å². The van der Waals surface area contributed by atoms with E-state index in [1.165, 1.54) is 0 Å². The summed E-state index contributed by atoms with van der Waals surface area (Å²) in [6.07, 6.45) is 1.67. The number of hydrogen-bond donors (Lipinski definition) is 2. The number of nitrogens with one attached hydrogen (secondary N) is 1. The van der Waals surface area contributed by atoms with Gasteiger partial charge in [-0.25, -0.2) is 0 Å². The first-order valence-corrected chi connectivity index (χ1v) is 7.78. The van der Waals surface area contributed by atoms with Crippen LogP contribution in [0.25, 0.3) is 0 Å². The van der Waals surface area contributed by atoms with Crippen molar-refractivity contribution < 1.29 is 14.6 Å². The molecule has 0 amide bonds. The molecule has 2 unspecified atom stereocenters. The number of ether oxygens (including phenoxy) is 2. The van der Waals surface area contributed by atoms with Gasteiger partial charge >= 0.3 is 0 Å². The van der Waals surface area contributed by atoms with Crippen molar-refractivity contribution in [1.29, 1.82) is 0 Å². The summed E-state index contributed by atoms with van der Waals surface area (Å²) in [7, 11) is 0. The Labute approximate surface area is 128 Å². The number of benzene rings is 1. The highest BCUT2D eigenvalue weighted by Gasteiger charge is 2.29. The smallest absolute Gasteiger partial charge is 0.119 e. The number of hydrogen-bond acceptors (Lipinski definition) is 4. The van der Waals surface area contributed by atoms with Crippen molar-refractivity contribution in [3.63, 3.8) is 0 Å². The maximum absolute atomic E-state index is 9.89. The van der Waals surface area contributed by atoms with E-state index >= 15 is 0 Å². The Morgan fingerprint density at radius 3 is 2.85 bits per heavy atom. The Hall–Kier alpha value is -0.620. The van der Waals surface area contributed by atoms with Crippen molar-refractivity contribution in [3.05, 3.63) is 28.7 Å². The second kappa shape index (κ2) is 7.41. The Balaban J connectivity index is 1.62. The second-order valence-electron chi connectivity index (χ2n) is 5.45. The van der Waals surface area contributed by atoms with Gasteiger partial charge in [0.25, 0.3) is 0 Å². The fourth-order valence-electron chi connectivity index (χ4n) is 2.26. The molecule has 1 aliphatic rings. The van der Waals surface area contributed by atoms with Gasteiger partial charge in [-0.1, -0.05) is 15.9 Å². The lowest BCUT2D eigenvalue weighted by molar-refractivity contribution is 0.0170. The predicted molar refractivity (Wildman–Crippen MR) is 82.1 cm³/mol. The first kappa shape index (κ1) is 15.8. The van der Waals surface area contributed by atoms with Crippen LogP contribution in [-0.2, 0) is 4.74 Å². The molecule has 1 aromatic carbocycles. The largest absolute Gasteiger partial charge is 0.491 e. The summed E-state index contributed by atoms with van der Waals surface area (Å²) >= 11 is 3.37. The lowest BCUT2D eigenvalue weighted by atomic mass is 10.0. The van der Waals surface area contributed by atoms with Gasteiger partial charge in [0, 0.05) is 24.2 Å². The van der Waals surface area contributed by atoms with Crippen LogP contribution in [0.15, 0.2) is 28.7 Å². The van der Waals surface area contributed by atoms with E-state index in [-0.39, 0.29) is 12.2 Å².